The highest BCUT2D eigenvalue weighted by atomic mass is 79.9. The lowest BCUT2D eigenvalue weighted by molar-refractivity contribution is -0.0964. The summed E-state index contributed by atoms with van der Waals surface area (Å²) in [5, 5.41) is 12.6. The van der Waals surface area contributed by atoms with Crippen LogP contribution in [-0.4, -0.2) is 52.0 Å². The van der Waals surface area contributed by atoms with Gasteiger partial charge in [-0.1, -0.05) is 0 Å². The van der Waals surface area contributed by atoms with Gasteiger partial charge in [0.25, 0.3) is 5.91 Å². The molecule has 35 heavy (non-hydrogen) atoms. The minimum Gasteiger partial charge on any atom is -0.420 e. The topological polar surface area (TPSA) is 99.9 Å². The van der Waals surface area contributed by atoms with Crippen molar-refractivity contribution in [3.8, 4) is 5.75 Å². The molecule has 12 heteroatoms. The van der Waals surface area contributed by atoms with E-state index in [0.29, 0.717) is 41.3 Å². The van der Waals surface area contributed by atoms with E-state index in [-0.39, 0.29) is 11.3 Å². The van der Waals surface area contributed by atoms with Crippen LogP contribution in [0.15, 0.2) is 64.5 Å². The maximum Gasteiger partial charge on any atom is 0.487 e. The number of aromatic nitrogens is 2. The van der Waals surface area contributed by atoms with Crippen LogP contribution in [0.4, 0.5) is 26.0 Å². The highest BCUT2D eigenvalue weighted by Gasteiger charge is 2.27. The number of hydrogen-bond acceptors (Lipinski definition) is 7. The van der Waals surface area contributed by atoms with Gasteiger partial charge in [0, 0.05) is 54.5 Å². The second kappa shape index (κ2) is 10.6. The van der Waals surface area contributed by atoms with Crippen molar-refractivity contribution in [3.05, 3.63) is 70.6 Å². The van der Waals surface area contributed by atoms with E-state index in [2.05, 4.69) is 40.9 Å². The van der Waals surface area contributed by atoms with E-state index in [1.807, 2.05) is 11.0 Å². The Morgan fingerprint density at radius 2 is 2.03 bits per heavy atom. The molecule has 4 rings (SSSR count). The van der Waals surface area contributed by atoms with Gasteiger partial charge in [-0.15, -0.1) is 8.78 Å². The summed E-state index contributed by atoms with van der Waals surface area (Å²) >= 11 is 8.05. The number of aliphatic hydroxyl groups is 1. The van der Waals surface area contributed by atoms with Crippen LogP contribution in [0.1, 0.15) is 22.3 Å². The molecule has 1 saturated heterocycles. The summed E-state index contributed by atoms with van der Waals surface area (Å²) in [4.78, 5) is 27.9. The van der Waals surface area contributed by atoms with Gasteiger partial charge in [0.2, 0.25) is 0 Å². The van der Waals surface area contributed by atoms with Gasteiger partial charge in [-0.25, -0.2) is 9.97 Å². The highest BCUT2D eigenvalue weighted by Crippen LogP contribution is 2.31. The Hall–Kier alpha value is -3.15. The molecule has 3 heterocycles. The van der Waals surface area contributed by atoms with Crippen LogP contribution in [-0.2, 0) is 0 Å². The zero-order valence-electron chi connectivity index (χ0n) is 18.0. The van der Waals surface area contributed by atoms with E-state index < -0.39 is 17.6 Å². The number of amides is 1. The first-order valence-corrected chi connectivity index (χ1v) is 11.6. The summed E-state index contributed by atoms with van der Waals surface area (Å²) in [6.07, 6.45) is 4.82. The molecule has 1 amide bonds. The number of pyridine rings is 2. The van der Waals surface area contributed by atoms with Crippen LogP contribution in [0, 0.1) is 0 Å². The molecular formula is C23H19BrClF2N5O3. The van der Waals surface area contributed by atoms with E-state index in [1.165, 1.54) is 30.5 Å². The Bertz CT molecular complexity index is 1220. The average Bonchev–Trinajstić information content (AvgIpc) is 3.25. The van der Waals surface area contributed by atoms with Gasteiger partial charge in [0.1, 0.15) is 16.0 Å². The number of aliphatic imine (C=N–C) groups is 1. The first-order valence-electron chi connectivity index (χ1n) is 10.4. The third kappa shape index (κ3) is 6.93. The number of aliphatic hydroxyl groups excluding tert-OH is 1. The number of anilines is 2. The summed E-state index contributed by atoms with van der Waals surface area (Å²) in [6, 6.07) is 10.5. The monoisotopic (exact) mass is 565 g/mol. The van der Waals surface area contributed by atoms with Crippen LogP contribution in [0.5, 0.6) is 5.75 Å². The Morgan fingerprint density at radius 3 is 2.66 bits per heavy atom. The summed E-state index contributed by atoms with van der Waals surface area (Å²) in [7, 11) is 0. The van der Waals surface area contributed by atoms with E-state index in [0.717, 1.165) is 5.56 Å². The molecule has 1 fully saturated rings. The summed E-state index contributed by atoms with van der Waals surface area (Å²) in [5.74, 6) is -0.0765. The number of halogens is 4. The summed E-state index contributed by atoms with van der Waals surface area (Å²) in [5.41, 5.74) is -2.03. The zero-order chi connectivity index (χ0) is 25.0. The average molecular weight is 567 g/mol. The van der Waals surface area contributed by atoms with Crippen LogP contribution in [0.3, 0.4) is 0 Å². The van der Waals surface area contributed by atoms with Crippen molar-refractivity contribution in [1.29, 1.82) is 0 Å². The predicted octanol–water partition coefficient (Wildman–Crippen LogP) is 4.98. The van der Waals surface area contributed by atoms with Crippen LogP contribution in [0.2, 0.25) is 0 Å². The fourth-order valence-electron chi connectivity index (χ4n) is 3.39. The van der Waals surface area contributed by atoms with Crippen LogP contribution < -0.4 is 15.0 Å². The van der Waals surface area contributed by atoms with Gasteiger partial charge >= 0.3 is 5.57 Å². The number of carbonyl (C=O) groups excluding carboxylic acids is 1. The predicted molar refractivity (Wildman–Crippen MR) is 132 cm³/mol. The molecule has 1 aliphatic rings. The molecule has 182 valence electrons. The fourth-order valence-corrected chi connectivity index (χ4v) is 3.72. The highest BCUT2D eigenvalue weighted by molar-refractivity contribution is 9.10. The molecule has 2 aromatic heterocycles. The Labute approximate surface area is 212 Å². The van der Waals surface area contributed by atoms with Gasteiger partial charge in [-0.3, -0.25) is 9.79 Å². The molecule has 1 atom stereocenters. The molecule has 0 spiro atoms. The molecule has 1 unspecified atom stereocenters. The van der Waals surface area contributed by atoms with Gasteiger partial charge in [0.05, 0.1) is 11.7 Å². The van der Waals surface area contributed by atoms with Crippen molar-refractivity contribution in [1.82, 2.24) is 9.97 Å². The molecular weight excluding hydrogens is 548 g/mol. The van der Waals surface area contributed by atoms with Gasteiger partial charge < -0.3 is 20.1 Å². The number of nitrogens with zero attached hydrogens (tertiary/aromatic N) is 4. The van der Waals surface area contributed by atoms with Crippen molar-refractivity contribution in [2.45, 2.75) is 18.1 Å². The first-order chi connectivity index (χ1) is 16.7. The van der Waals surface area contributed by atoms with Gasteiger partial charge in [-0.05, 0) is 64.8 Å². The largest absolute Gasteiger partial charge is 0.487 e. The lowest BCUT2D eigenvalue weighted by Crippen LogP contribution is -2.23. The third-order valence-electron chi connectivity index (χ3n) is 5.02. The number of ether oxygens (including phenoxy) is 1. The molecule has 1 aromatic carbocycles. The number of benzene rings is 1. The van der Waals surface area contributed by atoms with Gasteiger partial charge in [0.15, 0.2) is 5.82 Å². The SMILES string of the molecule is O=C(Nc1ccc(OC(F)(F)Cl)cc1)c1cnc(N2CCC(O)C2)c(N=Cc2ccc(Br)nc2)c1. The smallest absolute Gasteiger partial charge is 0.420 e. The van der Waals surface area contributed by atoms with E-state index in [9.17, 15) is 18.7 Å². The Morgan fingerprint density at radius 1 is 1.26 bits per heavy atom. The summed E-state index contributed by atoms with van der Waals surface area (Å²) < 4.78 is 30.5. The van der Waals surface area contributed by atoms with E-state index >= 15 is 0 Å². The zero-order valence-corrected chi connectivity index (χ0v) is 20.4. The number of β-amino-alcohol motifs (C(OH)–C–C–N with tert-alkyl or cyclic N) is 1. The molecule has 0 saturated carbocycles. The molecule has 0 radical (unpaired) electrons. The minimum atomic E-state index is -3.83. The number of nitrogens with one attached hydrogen (secondary N) is 1. The van der Waals surface area contributed by atoms with Crippen molar-refractivity contribution in [3.63, 3.8) is 0 Å². The Kier molecular flexibility index (Phi) is 7.58. The fraction of sp³-hybridized carbons (Fsp3) is 0.217. The van der Waals surface area contributed by atoms with Crippen LogP contribution >= 0.6 is 27.5 Å². The van der Waals surface area contributed by atoms with Crippen molar-refractivity contribution in [2.75, 3.05) is 23.3 Å². The first kappa shape index (κ1) is 25.0. The number of alkyl halides is 3. The molecule has 3 aromatic rings. The number of rotatable bonds is 7. The summed E-state index contributed by atoms with van der Waals surface area (Å²) in [6.45, 7) is 1.02. The molecule has 2 N–H and O–H groups in total. The van der Waals surface area contributed by atoms with Crippen molar-refractivity contribution >= 4 is 56.8 Å². The normalized spacial score (nSPS) is 16.0. The Balaban J connectivity index is 1.56. The number of hydrogen-bond donors (Lipinski definition) is 2. The minimum absolute atomic E-state index is 0.152. The third-order valence-corrected chi connectivity index (χ3v) is 5.57. The lowest BCUT2D eigenvalue weighted by atomic mass is 10.2. The molecule has 1 aliphatic heterocycles. The van der Waals surface area contributed by atoms with Gasteiger partial charge in [-0.2, -0.15) is 0 Å². The lowest BCUT2D eigenvalue weighted by Gasteiger charge is -2.19. The molecule has 0 bridgehead atoms. The van der Waals surface area contributed by atoms with Crippen LogP contribution in [0.25, 0.3) is 0 Å². The maximum atomic E-state index is 12.8. The maximum absolute atomic E-state index is 12.8. The quantitative estimate of drug-likeness (QED) is 0.238. The van der Waals surface area contributed by atoms with E-state index in [4.69, 9.17) is 11.6 Å². The second-order valence-electron chi connectivity index (χ2n) is 7.65. The van der Waals surface area contributed by atoms with E-state index in [1.54, 1.807) is 24.5 Å². The van der Waals surface area contributed by atoms with Crippen molar-refractivity contribution < 1.29 is 23.4 Å². The molecule has 8 nitrogen and oxygen atoms in total. The van der Waals surface area contributed by atoms with Crippen molar-refractivity contribution in [2.24, 2.45) is 4.99 Å². The standard InChI is InChI=1S/C23H19BrClF2N5O3/c24-20-6-1-14(11-29-20)10-28-19-9-15(12-30-21(19)32-8-7-17(33)13-32)22(34)31-16-2-4-18(5-3-16)35-23(25,26)27/h1-6,9-12,17,33H,7-8,13H2,(H,31,34). The second-order valence-corrected chi connectivity index (χ2v) is 8.91. The molecule has 0 aliphatic carbocycles. The number of carbonyl (C=O) groups is 1.